The minimum Gasteiger partial charge on any atom is -0.409 e. The van der Waals surface area contributed by atoms with Crippen molar-refractivity contribution < 1.29 is 5.21 Å². The molecular formula is C8H15N5O. The van der Waals surface area contributed by atoms with Crippen molar-refractivity contribution in [3.8, 4) is 0 Å². The molecule has 1 heterocycles. The summed E-state index contributed by atoms with van der Waals surface area (Å²) in [5.74, 6) is 0.173. The van der Waals surface area contributed by atoms with Crippen LogP contribution in [0.25, 0.3) is 0 Å². The number of oxime groups is 1. The fourth-order valence-electron chi connectivity index (χ4n) is 1.18. The molecule has 0 aliphatic carbocycles. The van der Waals surface area contributed by atoms with E-state index in [9.17, 15) is 0 Å². The molecule has 0 saturated heterocycles. The number of aromatic nitrogens is 2. The Bertz CT molecular complexity index is 330. The van der Waals surface area contributed by atoms with Gasteiger partial charge in [0.25, 0.3) is 0 Å². The van der Waals surface area contributed by atoms with Crippen LogP contribution in [0.4, 0.5) is 0 Å². The third-order valence-electron chi connectivity index (χ3n) is 1.87. The molecule has 14 heavy (non-hydrogen) atoms. The molecule has 0 radical (unpaired) electrons. The molecule has 0 spiro atoms. The van der Waals surface area contributed by atoms with Crippen molar-refractivity contribution in [3.05, 3.63) is 17.5 Å². The number of hydrogen-bond donors (Lipinski definition) is 3. The van der Waals surface area contributed by atoms with Crippen LogP contribution in [-0.2, 0) is 13.6 Å². The van der Waals surface area contributed by atoms with E-state index in [1.807, 2.05) is 20.2 Å². The minimum atomic E-state index is 0.173. The maximum absolute atomic E-state index is 8.30. The lowest BCUT2D eigenvalue weighted by molar-refractivity contribution is 0.317. The number of nitrogens with zero attached hydrogens (tertiary/aromatic N) is 3. The molecule has 1 aromatic rings. The van der Waals surface area contributed by atoms with E-state index in [0.717, 1.165) is 11.3 Å². The van der Waals surface area contributed by atoms with E-state index in [1.54, 1.807) is 4.68 Å². The molecule has 6 nitrogen and oxygen atoms in total. The lowest BCUT2D eigenvalue weighted by Gasteiger charge is -2.01. The van der Waals surface area contributed by atoms with Gasteiger partial charge in [-0.1, -0.05) is 5.16 Å². The van der Waals surface area contributed by atoms with Gasteiger partial charge in [0, 0.05) is 25.4 Å². The van der Waals surface area contributed by atoms with Crippen LogP contribution in [0.2, 0.25) is 0 Å². The van der Waals surface area contributed by atoms with Gasteiger partial charge in [0.05, 0.1) is 12.2 Å². The Morgan fingerprint density at radius 2 is 2.50 bits per heavy atom. The fraction of sp³-hybridized carbons (Fsp3) is 0.500. The summed E-state index contributed by atoms with van der Waals surface area (Å²) in [5, 5.41) is 18.4. The summed E-state index contributed by atoms with van der Waals surface area (Å²) in [7, 11) is 1.88. The van der Waals surface area contributed by atoms with Crippen LogP contribution in [0.15, 0.2) is 11.4 Å². The van der Waals surface area contributed by atoms with Gasteiger partial charge in [0.15, 0.2) is 5.84 Å². The van der Waals surface area contributed by atoms with Crippen molar-refractivity contribution in [1.29, 1.82) is 0 Å². The SMILES string of the molecule is Cc1nn(C)cc1CNC/C(N)=N/O. The highest BCUT2D eigenvalue weighted by Gasteiger charge is 2.02. The van der Waals surface area contributed by atoms with E-state index in [2.05, 4.69) is 15.6 Å². The van der Waals surface area contributed by atoms with Crippen molar-refractivity contribution in [1.82, 2.24) is 15.1 Å². The van der Waals surface area contributed by atoms with Crippen molar-refractivity contribution in [2.24, 2.45) is 17.9 Å². The van der Waals surface area contributed by atoms with Crippen molar-refractivity contribution in [2.45, 2.75) is 13.5 Å². The highest BCUT2D eigenvalue weighted by atomic mass is 16.4. The summed E-state index contributed by atoms with van der Waals surface area (Å²) in [6.07, 6.45) is 1.94. The van der Waals surface area contributed by atoms with Gasteiger partial charge >= 0.3 is 0 Å². The van der Waals surface area contributed by atoms with Crippen LogP contribution in [0.5, 0.6) is 0 Å². The second kappa shape index (κ2) is 4.61. The molecule has 0 amide bonds. The molecule has 0 unspecified atom stereocenters. The second-order valence-electron chi connectivity index (χ2n) is 3.11. The van der Waals surface area contributed by atoms with Crippen molar-refractivity contribution >= 4 is 5.84 Å². The zero-order valence-corrected chi connectivity index (χ0v) is 8.36. The number of nitrogens with one attached hydrogen (secondary N) is 1. The first-order valence-electron chi connectivity index (χ1n) is 4.29. The van der Waals surface area contributed by atoms with Gasteiger partial charge in [-0.05, 0) is 6.92 Å². The lowest BCUT2D eigenvalue weighted by atomic mass is 10.2. The highest BCUT2D eigenvalue weighted by molar-refractivity contribution is 5.81. The number of nitrogens with two attached hydrogens (primary N) is 1. The monoisotopic (exact) mass is 197 g/mol. The predicted octanol–water partition coefficient (Wildman–Crippen LogP) is -0.435. The predicted molar refractivity (Wildman–Crippen MR) is 53.1 cm³/mol. The molecule has 0 atom stereocenters. The molecule has 0 bridgehead atoms. The first kappa shape index (κ1) is 10.5. The molecule has 0 aromatic carbocycles. The van der Waals surface area contributed by atoms with Crippen LogP contribution in [0.1, 0.15) is 11.3 Å². The zero-order valence-electron chi connectivity index (χ0n) is 8.36. The third-order valence-corrected chi connectivity index (χ3v) is 1.87. The van der Waals surface area contributed by atoms with Crippen LogP contribution >= 0.6 is 0 Å². The molecule has 6 heteroatoms. The van der Waals surface area contributed by atoms with Gasteiger partial charge in [0.1, 0.15) is 0 Å². The maximum Gasteiger partial charge on any atom is 0.153 e. The molecule has 0 fully saturated rings. The quantitative estimate of drug-likeness (QED) is 0.264. The third kappa shape index (κ3) is 2.74. The number of amidine groups is 1. The minimum absolute atomic E-state index is 0.173. The Kier molecular flexibility index (Phi) is 3.47. The zero-order chi connectivity index (χ0) is 10.6. The molecule has 78 valence electrons. The van der Waals surface area contributed by atoms with Gasteiger partial charge in [-0.2, -0.15) is 5.10 Å². The topological polar surface area (TPSA) is 88.5 Å². The Morgan fingerprint density at radius 1 is 1.79 bits per heavy atom. The van der Waals surface area contributed by atoms with Crippen LogP contribution < -0.4 is 11.1 Å². The van der Waals surface area contributed by atoms with Gasteiger partial charge < -0.3 is 16.3 Å². The van der Waals surface area contributed by atoms with Crippen molar-refractivity contribution in [3.63, 3.8) is 0 Å². The van der Waals surface area contributed by atoms with Gasteiger partial charge in [-0.25, -0.2) is 0 Å². The molecule has 0 aliphatic rings. The van der Waals surface area contributed by atoms with Gasteiger partial charge in [-0.3, -0.25) is 4.68 Å². The Hall–Kier alpha value is -1.56. The number of aryl methyl sites for hydroxylation is 2. The van der Waals surface area contributed by atoms with Crippen LogP contribution in [0, 0.1) is 6.92 Å². The van der Waals surface area contributed by atoms with E-state index in [0.29, 0.717) is 13.1 Å². The average Bonchev–Trinajstić information content (AvgIpc) is 2.45. The summed E-state index contributed by atoms with van der Waals surface area (Å²) < 4.78 is 1.76. The molecular weight excluding hydrogens is 182 g/mol. The Morgan fingerprint density at radius 3 is 3.00 bits per heavy atom. The molecule has 4 N–H and O–H groups in total. The van der Waals surface area contributed by atoms with Crippen molar-refractivity contribution in [2.75, 3.05) is 6.54 Å². The maximum atomic E-state index is 8.30. The average molecular weight is 197 g/mol. The van der Waals surface area contributed by atoms with E-state index in [4.69, 9.17) is 10.9 Å². The smallest absolute Gasteiger partial charge is 0.153 e. The lowest BCUT2D eigenvalue weighted by Crippen LogP contribution is -2.28. The fourth-order valence-corrected chi connectivity index (χ4v) is 1.18. The number of hydrogen-bond acceptors (Lipinski definition) is 4. The first-order chi connectivity index (χ1) is 6.63. The summed E-state index contributed by atoms with van der Waals surface area (Å²) >= 11 is 0. The van der Waals surface area contributed by atoms with Gasteiger partial charge in [0.2, 0.25) is 0 Å². The normalized spacial score (nSPS) is 12.0. The highest BCUT2D eigenvalue weighted by Crippen LogP contribution is 2.02. The molecule has 0 aliphatic heterocycles. The summed E-state index contributed by atoms with van der Waals surface area (Å²) in [5.41, 5.74) is 7.39. The number of rotatable bonds is 4. The van der Waals surface area contributed by atoms with Gasteiger partial charge in [-0.15, -0.1) is 0 Å². The van der Waals surface area contributed by atoms with E-state index in [1.165, 1.54) is 0 Å². The standard InChI is InChI=1S/C8H15N5O/c1-6-7(5-13(2)11-6)3-10-4-8(9)12-14/h5,10,14H,3-4H2,1-2H3,(H2,9,12). The summed E-state index contributed by atoms with van der Waals surface area (Å²) in [6, 6.07) is 0. The summed E-state index contributed by atoms with van der Waals surface area (Å²) in [4.78, 5) is 0. The van der Waals surface area contributed by atoms with E-state index < -0.39 is 0 Å². The van der Waals surface area contributed by atoms with Crippen LogP contribution in [-0.4, -0.2) is 27.4 Å². The molecule has 1 rings (SSSR count). The Balaban J connectivity index is 2.42. The summed E-state index contributed by atoms with van der Waals surface area (Å²) in [6.45, 7) is 2.97. The molecule has 0 saturated carbocycles. The molecule has 1 aromatic heterocycles. The largest absolute Gasteiger partial charge is 0.409 e. The second-order valence-corrected chi connectivity index (χ2v) is 3.11. The van der Waals surface area contributed by atoms with Crippen LogP contribution in [0.3, 0.4) is 0 Å². The van der Waals surface area contributed by atoms with E-state index >= 15 is 0 Å². The Labute approximate surface area is 82.4 Å². The first-order valence-corrected chi connectivity index (χ1v) is 4.29. The van der Waals surface area contributed by atoms with E-state index in [-0.39, 0.29) is 5.84 Å².